The number of rotatable bonds is 8. The second kappa shape index (κ2) is 79.7. The highest BCUT2D eigenvalue weighted by atomic mass is 35.5. The van der Waals surface area contributed by atoms with Gasteiger partial charge in [-0.2, -0.15) is 26.3 Å². The van der Waals surface area contributed by atoms with Crippen molar-refractivity contribution in [2.24, 2.45) is 19.8 Å². The van der Waals surface area contributed by atoms with Gasteiger partial charge < -0.3 is 40.1 Å². The molecule has 0 bridgehead atoms. The first-order valence-electron chi connectivity index (χ1n) is 43.3. The average molecular weight is 2070 g/mol. The topological polar surface area (TPSA) is 432 Å². The van der Waals surface area contributed by atoms with Crippen LogP contribution in [-0.4, -0.2) is 185 Å². The van der Waals surface area contributed by atoms with E-state index in [0.29, 0.717) is 44.5 Å². The fourth-order valence-electron chi connectivity index (χ4n) is 8.85. The molecule has 19 aromatic rings. The lowest BCUT2D eigenvalue weighted by atomic mass is 10.2. The Bertz CT molecular complexity index is 5960. The van der Waals surface area contributed by atoms with E-state index in [1.165, 1.54) is 54.2 Å². The number of imidazole rings is 2. The molecule has 0 saturated heterocycles. The van der Waals surface area contributed by atoms with E-state index < -0.39 is 29.5 Å². The minimum absolute atomic E-state index is 0.0156. The van der Waals surface area contributed by atoms with Crippen LogP contribution in [0.2, 0.25) is 10.2 Å². The van der Waals surface area contributed by atoms with Gasteiger partial charge in [-0.3, -0.25) is 88.6 Å². The van der Waals surface area contributed by atoms with Crippen LogP contribution in [0, 0.1) is 20.8 Å². The summed E-state index contributed by atoms with van der Waals surface area (Å²) in [4.78, 5) is 120. The molecule has 43 heteroatoms. The maximum absolute atomic E-state index is 11.7. The van der Waals surface area contributed by atoms with E-state index in [1.807, 2.05) is 174 Å². The van der Waals surface area contributed by atoms with Gasteiger partial charge in [-0.05, 0) is 204 Å². The minimum atomic E-state index is -4.32. The average Bonchev–Trinajstić information content (AvgIpc) is 1.86. The molecule has 5 N–H and O–H groups in total. The molecule has 766 valence electrons. The molecule has 4 amide bonds. The Hall–Kier alpha value is -18.0. The molecule has 0 fully saturated rings. The number of alkyl halides is 6. The fraction of sp³-hybridized carbons (Fsp3) is 0.144. The van der Waals surface area contributed by atoms with Gasteiger partial charge in [0.15, 0.2) is 5.78 Å². The Balaban J connectivity index is 0.000000527. The summed E-state index contributed by atoms with van der Waals surface area (Å²) in [5, 5.41) is 21.8. The number of aryl methyl sites for hydroxylation is 5. The van der Waals surface area contributed by atoms with Crippen molar-refractivity contribution in [2.75, 3.05) is 41.9 Å². The van der Waals surface area contributed by atoms with E-state index in [-0.39, 0.29) is 23.5 Å². The minimum Gasteiger partial charge on any atom is -0.497 e. The van der Waals surface area contributed by atoms with Crippen LogP contribution in [0.25, 0.3) is 11.0 Å². The number of pyridine rings is 14. The van der Waals surface area contributed by atoms with E-state index >= 15 is 0 Å². The number of hydrogen-bond acceptors (Lipinski definition) is 27. The SMILES string of the molecule is CC(=O)c1cccnc1.CCNC(=O)c1cccnc1.CN(C)C(=O)c1cccnc1.CNC(=O)c1cccnc1.CO[n+]1ccccc1.COc1ccncc1.Cc1ccccn1.Cc1cccnc1.Cc1nncs1.Clc1ccccn1.Clc1cccnc1.Cn1ccnc1.Cn1cnnc1.FC(F)(F)c1ccccn1.FC(F)(F)c1cccnc1.NC(=O)c1cccnc1.c1ccc2[nH]cnc2c1.c1ccncc1. The zero-order chi connectivity index (χ0) is 108. The van der Waals surface area contributed by atoms with Gasteiger partial charge in [0.2, 0.25) is 18.3 Å². The van der Waals surface area contributed by atoms with E-state index in [9.17, 15) is 50.3 Å². The van der Waals surface area contributed by atoms with Gasteiger partial charge in [0, 0.05) is 225 Å². The number of fused-ring (bicyclic) bond motifs is 1. The Morgan fingerprint density at radius 3 is 1.22 bits per heavy atom. The third-order valence-electron chi connectivity index (χ3n) is 15.9. The third kappa shape index (κ3) is 66.4. The third-order valence-corrected chi connectivity index (χ3v) is 16.9. The number of ketones is 1. The molecule has 1 aromatic carbocycles. The van der Waals surface area contributed by atoms with Crippen molar-refractivity contribution in [2.45, 2.75) is 47.0 Å². The van der Waals surface area contributed by atoms with Crippen LogP contribution in [0.3, 0.4) is 0 Å². The molecule has 0 unspecified atom stereocenters. The zero-order valence-corrected chi connectivity index (χ0v) is 84.5. The maximum atomic E-state index is 11.7. The van der Waals surface area contributed by atoms with Crippen molar-refractivity contribution in [3.63, 3.8) is 0 Å². The summed E-state index contributed by atoms with van der Waals surface area (Å²) in [5.41, 5.74) is 12.4. The Labute approximate surface area is 861 Å². The summed E-state index contributed by atoms with van der Waals surface area (Å²) in [7, 11) is 12.1. The quantitative estimate of drug-likeness (QED) is 0.0475. The van der Waals surface area contributed by atoms with Gasteiger partial charge in [-0.25, -0.2) is 15.0 Å². The van der Waals surface area contributed by atoms with Gasteiger partial charge in [-0.1, -0.05) is 71.7 Å². The molecular weight excluding hydrogens is 1960 g/mol. The summed E-state index contributed by atoms with van der Waals surface area (Å²) >= 11 is 12.5. The molecule has 0 aliphatic rings. The number of H-pyrrole nitrogens is 1. The standard InChI is InChI=1S/2C8H10N2O.C7H8N2O.C7H6N2.C7H7NO.2C6H4F3N.C6H6N2O.C6H7NO.C6H8NO.2C6H7N.2C5H4ClN.C5H5N.C4H6N2.C3H5N3.C3H4N2S/c1-10(2)8(11)7-4-3-5-9-6-7;1-2-10-8(11)7-4-3-5-9-6-7;1-8-7(10)6-3-2-4-9-5-6;1-2-4-7-6(3-1)8-5-9-7;1-6(9)7-3-2-4-8-5-7;7-6(8,9)5-2-1-3-10-4-5;7-6(8,9)5-3-1-2-4-10-5;7-6(9)5-2-1-3-8-4-5;1-8-6-2-4-7-5-3-6;1-8-7-5-3-2-4-6-7;1-6-3-2-4-7-5-6;1-6-4-2-3-5-7-6;6-5-2-1-3-7-4-5;6-5-3-1-2-4-7-5;1-2-4-6-5-3-1;1-6-3-2-5-4-6;1-6-2-4-5-3-6;1-3-5-4-2-6-3/h3-6H,1-2H3;3-6H,2H2,1H3,(H,10,11);2-5H,1H3,(H,8,10);1-5H,(H,8,9);2-5H,1H3;2*1-4H;1-4H,(H2,7,9);2-5H,1H3;2-6H,1H3;2*2-5H,1H3;2*1-4H;1-5H;2-4H,1H3;2-3H,1H3;2H,1H3/q;;;;;;;;;+1;;;;;;;;. The van der Waals surface area contributed by atoms with Gasteiger partial charge in [0.05, 0.1) is 63.6 Å². The molecule has 0 aliphatic heterocycles. The van der Waals surface area contributed by atoms with Crippen LogP contribution in [0.1, 0.15) is 93.2 Å². The summed E-state index contributed by atoms with van der Waals surface area (Å²) in [6, 6.07) is 64.9. The van der Waals surface area contributed by atoms with Gasteiger partial charge >= 0.3 is 12.4 Å². The van der Waals surface area contributed by atoms with Crippen LogP contribution >= 0.6 is 34.5 Å². The second-order valence-corrected chi connectivity index (χ2v) is 29.5. The van der Waals surface area contributed by atoms with Crippen LogP contribution in [0.4, 0.5) is 26.3 Å². The molecule has 147 heavy (non-hydrogen) atoms. The first kappa shape index (κ1) is 125. The molecule has 19 rings (SSSR count). The van der Waals surface area contributed by atoms with Crippen LogP contribution in [0.5, 0.6) is 5.75 Å². The number of ether oxygens (including phenoxy) is 1. The molecule has 18 heterocycles. The maximum Gasteiger partial charge on any atom is 0.433 e. The van der Waals surface area contributed by atoms with Gasteiger partial charge in [-0.15, -0.1) is 31.7 Å². The van der Waals surface area contributed by atoms with Crippen molar-refractivity contribution in [3.05, 3.63) is 488 Å². The molecule has 34 nitrogen and oxygen atoms in total. The number of methoxy groups -OCH3 is 1. The normalized spacial score (nSPS) is 9.28. The van der Waals surface area contributed by atoms with Crippen LogP contribution in [0.15, 0.2) is 423 Å². The number of amides is 4. The number of nitrogens with two attached hydrogens (primary N) is 1. The lowest BCUT2D eigenvalue weighted by Gasteiger charge is -2.08. The number of carbonyl (C=O) groups is 5. The molecule has 0 atom stereocenters. The molecule has 0 saturated carbocycles. The Morgan fingerprint density at radius 1 is 0.463 bits per heavy atom. The smallest absolute Gasteiger partial charge is 0.433 e. The van der Waals surface area contributed by atoms with Crippen LogP contribution in [-0.2, 0) is 26.4 Å². The number of nitrogens with one attached hydrogen (secondary N) is 3. The number of benzene rings is 1. The van der Waals surface area contributed by atoms with E-state index in [0.717, 1.165) is 52.0 Å². The summed E-state index contributed by atoms with van der Waals surface area (Å²) < 4.78 is 80.6. The number of hydrogen-bond donors (Lipinski definition) is 4. The van der Waals surface area contributed by atoms with Crippen molar-refractivity contribution in [1.82, 2.24) is 125 Å². The van der Waals surface area contributed by atoms with Crippen molar-refractivity contribution in [1.29, 1.82) is 0 Å². The van der Waals surface area contributed by atoms with E-state index in [2.05, 4.69) is 111 Å². The monoisotopic (exact) mass is 2070 g/mol. The highest BCUT2D eigenvalue weighted by molar-refractivity contribution is 7.09. The van der Waals surface area contributed by atoms with Crippen LogP contribution < -0.4 is 30.7 Å². The summed E-state index contributed by atoms with van der Waals surface area (Å²) in [5.74, 6) is 0.276. The fourth-order valence-corrected chi connectivity index (χ4v) is 9.45. The lowest BCUT2D eigenvalue weighted by Crippen LogP contribution is -2.38. The largest absolute Gasteiger partial charge is 0.497 e. The van der Waals surface area contributed by atoms with Crippen molar-refractivity contribution in [3.8, 4) is 5.75 Å². The number of halogens is 8. The number of Topliss-reactive ketones (excluding diaryl/α,β-unsaturated/α-hetero) is 1. The van der Waals surface area contributed by atoms with Gasteiger partial charge in [0.1, 0.15) is 46.9 Å². The molecule has 18 aromatic heterocycles. The molecule has 0 aliphatic carbocycles. The molecule has 0 spiro atoms. The predicted octanol–water partition coefficient (Wildman–Crippen LogP) is 18.8. The zero-order valence-electron chi connectivity index (χ0n) is 82.2. The summed E-state index contributed by atoms with van der Waals surface area (Å²) in [6.07, 6.45) is 41.6. The highest BCUT2D eigenvalue weighted by Gasteiger charge is 2.32. The Kier molecular flexibility index (Phi) is 67.8. The Morgan fingerprint density at radius 2 is 0.946 bits per heavy atom. The lowest BCUT2D eigenvalue weighted by molar-refractivity contribution is -0.885. The highest BCUT2D eigenvalue weighted by Crippen LogP contribution is 2.28. The second-order valence-electron chi connectivity index (χ2n) is 27.6. The number of aromatic nitrogens is 23. The number of primary amides is 1. The van der Waals surface area contributed by atoms with Crippen molar-refractivity contribution < 1.29 is 64.6 Å². The predicted molar refractivity (Wildman–Crippen MR) is 553 cm³/mol. The van der Waals surface area contributed by atoms with E-state index in [1.54, 1.807) is 289 Å². The molecule has 0 radical (unpaired) electrons. The number of para-hydroxylation sites is 2. The summed E-state index contributed by atoms with van der Waals surface area (Å²) in [6.45, 7) is 9.98. The number of carbonyl (C=O) groups excluding carboxylic acids is 5. The number of aromatic amines is 1. The number of nitrogens with zero attached hydrogens (tertiary/aromatic N) is 23. The first-order valence-corrected chi connectivity index (χ1v) is 44.9. The van der Waals surface area contributed by atoms with Gasteiger partial charge in [0.25, 0.3) is 17.7 Å². The van der Waals surface area contributed by atoms with E-state index in [4.69, 9.17) is 38.5 Å². The molecular formula is C104H112Cl2F6N27O7S+. The first-order chi connectivity index (χ1) is 70.8. The van der Waals surface area contributed by atoms with Crippen molar-refractivity contribution >= 4 is 75.0 Å².